The molecule has 2 rings (SSSR count). The molecule has 0 aliphatic carbocycles. The van der Waals surface area contributed by atoms with Crippen LogP contribution in [-0.4, -0.2) is 77.0 Å². The van der Waals surface area contributed by atoms with E-state index in [0.717, 1.165) is 12.4 Å². The summed E-state index contributed by atoms with van der Waals surface area (Å²) >= 11 is 0. The van der Waals surface area contributed by atoms with E-state index >= 15 is 0 Å². The minimum atomic E-state index is -5.35. The first kappa shape index (κ1) is 29.7. The maximum Gasteiger partial charge on any atom is 0.473 e. The van der Waals surface area contributed by atoms with E-state index in [0.29, 0.717) is 0 Å². The molecule has 0 radical (unpaired) electrons. The van der Waals surface area contributed by atoms with Gasteiger partial charge in [0.25, 0.3) is 11.8 Å². The average Bonchev–Trinajstić information content (AvgIpc) is 2.78. The number of hydrogen-bond donors (Lipinski definition) is 10. The van der Waals surface area contributed by atoms with Gasteiger partial charge in [0, 0.05) is 0 Å². The molecule has 2 aromatic heterocycles. The van der Waals surface area contributed by atoms with Crippen molar-refractivity contribution in [3.05, 3.63) is 12.4 Å². The van der Waals surface area contributed by atoms with Crippen molar-refractivity contribution in [2.75, 3.05) is 46.8 Å². The lowest BCUT2D eigenvalue weighted by Crippen LogP contribution is -2.35. The van der Waals surface area contributed by atoms with Crippen LogP contribution in [0.5, 0.6) is 0 Å². The number of phosphoric ester groups is 2. The van der Waals surface area contributed by atoms with Crippen molar-refractivity contribution in [3.63, 3.8) is 0 Å². The van der Waals surface area contributed by atoms with E-state index in [2.05, 4.69) is 44.1 Å². The van der Waals surface area contributed by atoms with Gasteiger partial charge in [-0.3, -0.25) is 23.2 Å². The standard InChI is InChI=1S/C14H22N10O11P2/c15-9-5(1-19-13(17)23-9)21-11(26)7(3-25)35-37(31,32)33-4-8(34-36(28,29)30)12(27)22-6-2-20-14(18)24-10(6)16/h1-2,7-8,25H,3-4H2,(H,21,26)(H,22,27)(H,31,32)(H2,28,29,30)(H4,15,17,19,23)(H4,16,18,20,24)/t7-,8-/m1/s1. The number of aliphatic hydroxyl groups excluding tert-OH is 1. The van der Waals surface area contributed by atoms with E-state index in [-0.39, 0.29) is 34.9 Å². The molecule has 23 heteroatoms. The number of anilines is 6. The fraction of sp³-hybridized carbons (Fsp3) is 0.286. The smallest absolute Gasteiger partial charge is 0.393 e. The number of nitrogens with one attached hydrogen (secondary N) is 2. The second-order valence-corrected chi connectivity index (χ2v) is 9.26. The highest BCUT2D eigenvalue weighted by Crippen LogP contribution is 2.46. The Morgan fingerprint density at radius 1 is 0.865 bits per heavy atom. The van der Waals surface area contributed by atoms with Crippen LogP contribution in [0.2, 0.25) is 0 Å². The summed E-state index contributed by atoms with van der Waals surface area (Å²) in [5.41, 5.74) is 21.3. The van der Waals surface area contributed by atoms with Crippen molar-refractivity contribution >= 4 is 62.4 Å². The molecular formula is C14H22N10O11P2. The largest absolute Gasteiger partial charge is 0.473 e. The van der Waals surface area contributed by atoms with Crippen LogP contribution in [-0.2, 0) is 32.3 Å². The maximum atomic E-state index is 12.4. The first-order valence-electron chi connectivity index (χ1n) is 9.48. The molecule has 0 aliphatic rings. The van der Waals surface area contributed by atoms with Crippen LogP contribution >= 0.6 is 15.6 Å². The van der Waals surface area contributed by atoms with E-state index in [9.17, 15) is 28.7 Å². The van der Waals surface area contributed by atoms with Crippen LogP contribution in [0.3, 0.4) is 0 Å². The molecular weight excluding hydrogens is 546 g/mol. The van der Waals surface area contributed by atoms with E-state index in [1.54, 1.807) is 0 Å². The Morgan fingerprint density at radius 2 is 1.32 bits per heavy atom. The monoisotopic (exact) mass is 568 g/mol. The molecule has 0 saturated carbocycles. The second kappa shape index (κ2) is 12.1. The van der Waals surface area contributed by atoms with E-state index in [4.69, 9.17) is 32.7 Å². The van der Waals surface area contributed by atoms with Crippen molar-refractivity contribution in [1.29, 1.82) is 0 Å². The van der Waals surface area contributed by atoms with Crippen molar-refractivity contribution < 1.29 is 52.1 Å². The third-order valence-corrected chi connectivity index (χ3v) is 5.38. The molecule has 21 nitrogen and oxygen atoms in total. The van der Waals surface area contributed by atoms with Crippen LogP contribution in [0.25, 0.3) is 0 Å². The van der Waals surface area contributed by atoms with Gasteiger partial charge in [0.1, 0.15) is 11.4 Å². The van der Waals surface area contributed by atoms with Gasteiger partial charge in [0.15, 0.2) is 23.8 Å². The van der Waals surface area contributed by atoms with Crippen LogP contribution in [0.15, 0.2) is 12.4 Å². The van der Waals surface area contributed by atoms with Crippen LogP contribution in [0.1, 0.15) is 0 Å². The highest BCUT2D eigenvalue weighted by molar-refractivity contribution is 7.47. The third-order valence-electron chi connectivity index (χ3n) is 3.85. The van der Waals surface area contributed by atoms with Gasteiger partial charge in [-0.15, -0.1) is 0 Å². The van der Waals surface area contributed by atoms with Crippen LogP contribution in [0.4, 0.5) is 34.9 Å². The van der Waals surface area contributed by atoms with E-state index in [1.165, 1.54) is 0 Å². The normalized spacial score (nSPS) is 14.8. The summed E-state index contributed by atoms with van der Waals surface area (Å²) in [5, 5.41) is 13.6. The summed E-state index contributed by atoms with van der Waals surface area (Å²) in [4.78, 5) is 67.1. The number of nitrogens with zero attached hydrogens (tertiary/aromatic N) is 4. The molecule has 0 aromatic carbocycles. The van der Waals surface area contributed by atoms with Gasteiger partial charge < -0.3 is 53.4 Å². The molecule has 2 heterocycles. The summed E-state index contributed by atoms with van der Waals surface area (Å²) < 4.78 is 37.0. The van der Waals surface area contributed by atoms with Crippen LogP contribution in [0, 0.1) is 0 Å². The Balaban J connectivity index is 2.09. The SMILES string of the molecule is Nc1ncc(NC(=O)[C@@H](COP(=O)(O)O[C@H](CO)C(=O)Nc2cnc(N)nc2N)OP(=O)(O)O)c(N)n1. The molecule has 204 valence electrons. The molecule has 14 N–H and O–H groups in total. The van der Waals surface area contributed by atoms with Gasteiger partial charge in [0.2, 0.25) is 11.9 Å². The Kier molecular flexibility index (Phi) is 9.75. The molecule has 37 heavy (non-hydrogen) atoms. The van der Waals surface area contributed by atoms with Crippen molar-refractivity contribution in [3.8, 4) is 0 Å². The average molecular weight is 568 g/mol. The minimum absolute atomic E-state index is 0.173. The lowest BCUT2D eigenvalue weighted by Gasteiger charge is -2.22. The van der Waals surface area contributed by atoms with Gasteiger partial charge >= 0.3 is 15.6 Å². The summed E-state index contributed by atoms with van der Waals surface area (Å²) in [7, 11) is -10.6. The molecule has 3 atom stereocenters. The molecule has 0 saturated heterocycles. The summed E-state index contributed by atoms with van der Waals surface area (Å²) in [6.45, 7) is -2.44. The van der Waals surface area contributed by atoms with Gasteiger partial charge in [-0.2, -0.15) is 9.97 Å². The van der Waals surface area contributed by atoms with Crippen molar-refractivity contribution in [2.24, 2.45) is 0 Å². The quantitative estimate of drug-likeness (QED) is 0.115. The molecule has 0 aliphatic heterocycles. The lowest BCUT2D eigenvalue weighted by molar-refractivity contribution is -0.127. The van der Waals surface area contributed by atoms with Crippen molar-refractivity contribution in [2.45, 2.75) is 12.2 Å². The molecule has 0 fully saturated rings. The number of aromatic nitrogens is 4. The Labute approximate surface area is 206 Å². The van der Waals surface area contributed by atoms with Crippen LogP contribution < -0.4 is 33.6 Å². The molecule has 2 aromatic rings. The molecule has 1 unspecified atom stereocenters. The Hall–Kier alpha value is -3.52. The number of aliphatic hydroxyl groups is 1. The van der Waals surface area contributed by atoms with Gasteiger partial charge in [-0.05, 0) is 0 Å². The molecule has 2 amide bonds. The fourth-order valence-electron chi connectivity index (χ4n) is 2.27. The summed E-state index contributed by atoms with van der Waals surface area (Å²) in [5.74, 6) is -3.55. The highest BCUT2D eigenvalue weighted by atomic mass is 31.2. The fourth-order valence-corrected chi connectivity index (χ4v) is 3.63. The number of rotatable bonds is 12. The summed E-state index contributed by atoms with van der Waals surface area (Å²) in [6.07, 6.45) is -2.28. The Morgan fingerprint density at radius 3 is 1.73 bits per heavy atom. The molecule has 0 bridgehead atoms. The number of amides is 2. The van der Waals surface area contributed by atoms with E-state index < -0.39 is 52.9 Å². The number of carbonyl (C=O) groups is 2. The maximum absolute atomic E-state index is 12.4. The number of hydrogen-bond acceptors (Lipinski definition) is 16. The zero-order valence-electron chi connectivity index (χ0n) is 18.4. The van der Waals surface area contributed by atoms with Crippen molar-refractivity contribution in [1.82, 2.24) is 19.9 Å². The minimum Gasteiger partial charge on any atom is -0.393 e. The number of phosphoric acid groups is 2. The zero-order chi connectivity index (χ0) is 28.0. The zero-order valence-corrected chi connectivity index (χ0v) is 20.2. The predicted octanol–water partition coefficient (Wildman–Crippen LogP) is -2.85. The first-order chi connectivity index (χ1) is 17.1. The predicted molar refractivity (Wildman–Crippen MR) is 124 cm³/mol. The number of carbonyl (C=O) groups excluding carboxylic acids is 2. The highest BCUT2D eigenvalue weighted by Gasteiger charge is 2.36. The van der Waals surface area contributed by atoms with Gasteiger partial charge in [-0.25, -0.2) is 19.1 Å². The second-order valence-electron chi connectivity index (χ2n) is 6.66. The lowest BCUT2D eigenvalue weighted by atomic mass is 10.3. The van der Waals surface area contributed by atoms with E-state index in [1.807, 2.05) is 0 Å². The first-order valence-corrected chi connectivity index (χ1v) is 12.5. The van der Waals surface area contributed by atoms with Gasteiger partial charge in [0.05, 0.1) is 25.6 Å². The number of nitrogen functional groups attached to an aromatic ring is 4. The summed E-state index contributed by atoms with van der Waals surface area (Å²) in [6, 6.07) is 0. The topological polar surface area (TPSA) is 357 Å². The Bertz CT molecular complexity index is 1240. The van der Waals surface area contributed by atoms with Gasteiger partial charge in [-0.1, -0.05) is 0 Å². The molecule has 0 spiro atoms. The third kappa shape index (κ3) is 9.46. The number of nitrogens with two attached hydrogens (primary N) is 4.